The van der Waals surface area contributed by atoms with Gasteiger partial charge in [-0.15, -0.1) is 0 Å². The van der Waals surface area contributed by atoms with Crippen LogP contribution >= 0.6 is 11.6 Å². The van der Waals surface area contributed by atoms with Gasteiger partial charge in [0.05, 0.1) is 20.2 Å². The van der Waals surface area contributed by atoms with Crippen LogP contribution in [0.15, 0.2) is 48.5 Å². The first kappa shape index (κ1) is 20.3. The topological polar surface area (TPSA) is 87.7 Å². The summed E-state index contributed by atoms with van der Waals surface area (Å²) in [7, 11) is 2.99. The van der Waals surface area contributed by atoms with E-state index in [9.17, 15) is 14.4 Å². The number of carbonyl (C=O) groups excluding carboxylic acids is 3. The van der Waals surface area contributed by atoms with Gasteiger partial charge in [-0.05, 0) is 42.5 Å². The fraction of sp³-hybridized carbons (Fsp3) is 0.211. The fourth-order valence-electron chi connectivity index (χ4n) is 2.19. The van der Waals surface area contributed by atoms with Gasteiger partial charge in [0.2, 0.25) is 11.8 Å². The first-order valence-electron chi connectivity index (χ1n) is 8.10. The molecule has 8 heteroatoms. The van der Waals surface area contributed by atoms with Crippen molar-refractivity contribution in [1.29, 1.82) is 0 Å². The Bertz CT molecular complexity index is 824. The molecule has 0 radical (unpaired) electrons. The molecule has 27 heavy (non-hydrogen) atoms. The quantitative estimate of drug-likeness (QED) is 0.759. The highest BCUT2D eigenvalue weighted by Gasteiger charge is 2.15. The second-order valence-corrected chi connectivity index (χ2v) is 6.16. The van der Waals surface area contributed by atoms with Crippen molar-refractivity contribution >= 4 is 35.0 Å². The van der Waals surface area contributed by atoms with E-state index in [1.165, 1.54) is 19.1 Å². The minimum Gasteiger partial charge on any atom is -0.497 e. The molecule has 3 amide bonds. The normalized spacial score (nSPS) is 10.0. The van der Waals surface area contributed by atoms with Crippen LogP contribution < -0.4 is 15.4 Å². The van der Waals surface area contributed by atoms with Gasteiger partial charge in [-0.25, -0.2) is 0 Å². The summed E-state index contributed by atoms with van der Waals surface area (Å²) in [5.41, 5.74) is 0.960. The third-order valence-corrected chi connectivity index (χ3v) is 3.92. The maximum absolute atomic E-state index is 12.1. The van der Waals surface area contributed by atoms with Crippen LogP contribution in [-0.2, 0) is 9.59 Å². The average molecular weight is 390 g/mol. The molecule has 0 saturated carbocycles. The number of nitrogens with one attached hydrogen (secondary N) is 2. The Kier molecular flexibility index (Phi) is 7.19. The number of ether oxygens (including phenoxy) is 1. The largest absolute Gasteiger partial charge is 0.497 e. The number of benzene rings is 2. The maximum atomic E-state index is 12.1. The van der Waals surface area contributed by atoms with Crippen molar-refractivity contribution < 1.29 is 19.1 Å². The monoisotopic (exact) mass is 389 g/mol. The van der Waals surface area contributed by atoms with Crippen molar-refractivity contribution in [2.45, 2.75) is 0 Å². The Morgan fingerprint density at radius 1 is 1.11 bits per heavy atom. The lowest BCUT2D eigenvalue weighted by molar-refractivity contribution is -0.132. The Morgan fingerprint density at radius 3 is 2.48 bits per heavy atom. The van der Waals surface area contributed by atoms with E-state index < -0.39 is 11.8 Å². The van der Waals surface area contributed by atoms with Gasteiger partial charge in [0.25, 0.3) is 5.91 Å². The number of hydrogen-bond acceptors (Lipinski definition) is 4. The van der Waals surface area contributed by atoms with Gasteiger partial charge in [-0.2, -0.15) is 0 Å². The SMILES string of the molecule is COc1cccc(C(=O)NCC(=O)N(C)CC(=O)Nc2ccc(Cl)cc2)c1. The number of carbonyl (C=O) groups is 3. The summed E-state index contributed by atoms with van der Waals surface area (Å²) in [6, 6.07) is 13.2. The highest BCUT2D eigenvalue weighted by atomic mass is 35.5. The molecule has 0 atom stereocenters. The van der Waals surface area contributed by atoms with E-state index in [2.05, 4.69) is 10.6 Å². The van der Waals surface area contributed by atoms with Crippen molar-refractivity contribution in [2.24, 2.45) is 0 Å². The number of halogens is 1. The summed E-state index contributed by atoms with van der Waals surface area (Å²) in [5.74, 6) is -0.601. The molecule has 0 heterocycles. The van der Waals surface area contributed by atoms with E-state index in [4.69, 9.17) is 16.3 Å². The summed E-state index contributed by atoms with van der Waals surface area (Å²) in [5, 5.41) is 5.76. The van der Waals surface area contributed by atoms with E-state index in [1.54, 1.807) is 48.5 Å². The molecule has 0 bridgehead atoms. The van der Waals surface area contributed by atoms with Crippen LogP contribution in [-0.4, -0.2) is 49.9 Å². The van der Waals surface area contributed by atoms with E-state index in [0.29, 0.717) is 22.0 Å². The number of rotatable bonds is 7. The molecule has 2 aromatic carbocycles. The number of hydrogen-bond donors (Lipinski definition) is 2. The highest BCUT2D eigenvalue weighted by molar-refractivity contribution is 6.30. The molecule has 142 valence electrons. The van der Waals surface area contributed by atoms with E-state index in [-0.39, 0.29) is 19.0 Å². The molecular formula is C19H20ClN3O4. The molecule has 0 aromatic heterocycles. The molecule has 0 spiro atoms. The Balaban J connectivity index is 1.81. The molecule has 0 fully saturated rings. The van der Waals surface area contributed by atoms with Crippen molar-refractivity contribution in [1.82, 2.24) is 10.2 Å². The lowest BCUT2D eigenvalue weighted by Gasteiger charge is -2.17. The first-order valence-corrected chi connectivity index (χ1v) is 8.48. The molecule has 2 N–H and O–H groups in total. The molecular weight excluding hydrogens is 370 g/mol. The van der Waals surface area contributed by atoms with Gasteiger partial charge in [0, 0.05) is 23.3 Å². The molecule has 0 saturated heterocycles. The van der Waals surface area contributed by atoms with Crippen molar-refractivity contribution in [2.75, 3.05) is 32.6 Å². The second kappa shape index (κ2) is 9.59. The maximum Gasteiger partial charge on any atom is 0.251 e. The smallest absolute Gasteiger partial charge is 0.251 e. The van der Waals surface area contributed by atoms with Crippen molar-refractivity contribution in [3.63, 3.8) is 0 Å². The third-order valence-electron chi connectivity index (χ3n) is 3.67. The predicted octanol–water partition coefficient (Wildman–Crippen LogP) is 2.18. The Morgan fingerprint density at radius 2 is 1.81 bits per heavy atom. The van der Waals surface area contributed by atoms with Crippen LogP contribution in [0.5, 0.6) is 5.75 Å². The van der Waals surface area contributed by atoms with Gasteiger partial charge in [0.15, 0.2) is 0 Å². The number of likely N-dealkylation sites (N-methyl/N-ethyl adjacent to an activating group) is 1. The molecule has 0 unspecified atom stereocenters. The van der Waals surface area contributed by atoms with Crippen molar-refractivity contribution in [3.05, 3.63) is 59.1 Å². The molecule has 2 aromatic rings. The van der Waals surface area contributed by atoms with Gasteiger partial charge < -0.3 is 20.3 Å². The zero-order chi connectivity index (χ0) is 19.8. The lowest BCUT2D eigenvalue weighted by Crippen LogP contribution is -2.41. The first-order chi connectivity index (χ1) is 12.9. The molecule has 0 aliphatic rings. The van der Waals surface area contributed by atoms with E-state index >= 15 is 0 Å². The van der Waals surface area contributed by atoms with Crippen LogP contribution in [0.25, 0.3) is 0 Å². The Labute approximate surface area is 162 Å². The zero-order valence-electron chi connectivity index (χ0n) is 15.0. The lowest BCUT2D eigenvalue weighted by atomic mass is 10.2. The summed E-state index contributed by atoms with van der Waals surface area (Å²) in [4.78, 5) is 37.5. The zero-order valence-corrected chi connectivity index (χ0v) is 15.7. The van der Waals surface area contributed by atoms with Gasteiger partial charge >= 0.3 is 0 Å². The van der Waals surface area contributed by atoms with Crippen LogP contribution in [0.1, 0.15) is 10.4 Å². The van der Waals surface area contributed by atoms with Crippen LogP contribution in [0.3, 0.4) is 0 Å². The second-order valence-electron chi connectivity index (χ2n) is 5.72. The molecule has 0 aliphatic heterocycles. The molecule has 7 nitrogen and oxygen atoms in total. The summed E-state index contributed by atoms with van der Waals surface area (Å²) in [6.45, 7) is -0.364. The number of methoxy groups -OCH3 is 1. The van der Waals surface area contributed by atoms with Crippen LogP contribution in [0, 0.1) is 0 Å². The summed E-state index contributed by atoms with van der Waals surface area (Å²) >= 11 is 5.79. The van der Waals surface area contributed by atoms with Crippen LogP contribution in [0.4, 0.5) is 5.69 Å². The number of amides is 3. The molecule has 2 rings (SSSR count). The standard InChI is InChI=1S/C19H20ClN3O4/c1-23(12-17(24)22-15-8-6-14(20)7-9-15)18(25)11-21-19(26)13-4-3-5-16(10-13)27-2/h3-10H,11-12H2,1-2H3,(H,21,26)(H,22,24). The van der Waals surface area contributed by atoms with Gasteiger partial charge in [-0.3, -0.25) is 14.4 Å². The fourth-order valence-corrected chi connectivity index (χ4v) is 2.32. The van der Waals surface area contributed by atoms with Crippen molar-refractivity contribution in [3.8, 4) is 5.75 Å². The third kappa shape index (κ3) is 6.31. The van der Waals surface area contributed by atoms with Gasteiger partial charge in [-0.1, -0.05) is 17.7 Å². The minimum atomic E-state index is -0.402. The Hall–Kier alpha value is -3.06. The predicted molar refractivity (Wildman–Crippen MR) is 103 cm³/mol. The highest BCUT2D eigenvalue weighted by Crippen LogP contribution is 2.13. The van der Waals surface area contributed by atoms with Crippen LogP contribution in [0.2, 0.25) is 5.02 Å². The van der Waals surface area contributed by atoms with E-state index in [0.717, 1.165) is 0 Å². The average Bonchev–Trinajstić information content (AvgIpc) is 2.67. The molecule has 0 aliphatic carbocycles. The summed E-state index contributed by atoms with van der Waals surface area (Å²) < 4.78 is 5.06. The van der Waals surface area contributed by atoms with E-state index in [1.807, 2.05) is 0 Å². The summed E-state index contributed by atoms with van der Waals surface area (Å²) in [6.07, 6.45) is 0. The number of nitrogens with zero attached hydrogens (tertiary/aromatic N) is 1. The van der Waals surface area contributed by atoms with Gasteiger partial charge in [0.1, 0.15) is 5.75 Å². The minimum absolute atomic E-state index is 0.142. The number of anilines is 1.